The van der Waals surface area contributed by atoms with Crippen LogP contribution < -0.4 is 15.2 Å². The first-order valence-electron chi connectivity index (χ1n) is 16.1. The van der Waals surface area contributed by atoms with Gasteiger partial charge >= 0.3 is 6.09 Å². The smallest absolute Gasteiger partial charge is 0.415 e. The molecule has 1 aliphatic carbocycles. The van der Waals surface area contributed by atoms with E-state index in [1.165, 1.54) is 19.3 Å². The first kappa shape index (κ1) is 31.5. The molecule has 8 nitrogen and oxygen atoms in total. The molecule has 5 rings (SSSR count). The quantitative estimate of drug-likeness (QED) is 0.310. The maximum atomic E-state index is 13.8. The van der Waals surface area contributed by atoms with E-state index in [0.717, 1.165) is 46.9 Å². The molecule has 234 valence electrons. The van der Waals surface area contributed by atoms with Gasteiger partial charge in [-0.3, -0.25) is 9.59 Å². The SMILES string of the molecule is CCc1ccc(CCC(=O)[C@@H]2CN(C(=O)Oc3cccc4ccccc34)CCN2C(=O)[C@H](N)CC2CCCCC2)cc1OC. The van der Waals surface area contributed by atoms with Crippen molar-refractivity contribution in [1.82, 2.24) is 9.80 Å². The van der Waals surface area contributed by atoms with E-state index < -0.39 is 18.2 Å². The number of nitrogens with two attached hydrogens (primary N) is 1. The second kappa shape index (κ2) is 14.7. The van der Waals surface area contributed by atoms with Gasteiger partial charge in [0.05, 0.1) is 19.7 Å². The average Bonchev–Trinajstić information content (AvgIpc) is 3.07. The van der Waals surface area contributed by atoms with E-state index in [-0.39, 0.29) is 37.7 Å². The molecule has 2 fully saturated rings. The van der Waals surface area contributed by atoms with Crippen molar-refractivity contribution in [3.05, 3.63) is 71.8 Å². The van der Waals surface area contributed by atoms with Crippen LogP contribution in [0.1, 0.15) is 63.0 Å². The summed E-state index contributed by atoms with van der Waals surface area (Å²) in [5, 5.41) is 1.81. The Balaban J connectivity index is 1.31. The number of hydrogen-bond donors (Lipinski definition) is 1. The predicted molar refractivity (Wildman–Crippen MR) is 172 cm³/mol. The number of benzene rings is 3. The molecule has 1 heterocycles. The number of hydrogen-bond acceptors (Lipinski definition) is 6. The van der Waals surface area contributed by atoms with Crippen LogP contribution in [0.15, 0.2) is 60.7 Å². The average molecular weight is 600 g/mol. The minimum absolute atomic E-state index is 0.0718. The Morgan fingerprint density at radius 1 is 0.955 bits per heavy atom. The van der Waals surface area contributed by atoms with Crippen molar-refractivity contribution >= 4 is 28.6 Å². The van der Waals surface area contributed by atoms with Crippen molar-refractivity contribution in [3.8, 4) is 11.5 Å². The molecule has 0 unspecified atom stereocenters. The fourth-order valence-electron chi connectivity index (χ4n) is 6.70. The Labute approximate surface area is 260 Å². The molecule has 0 spiro atoms. The Bertz CT molecular complexity index is 1460. The summed E-state index contributed by atoms with van der Waals surface area (Å²) in [4.78, 5) is 44.1. The van der Waals surface area contributed by atoms with E-state index in [4.69, 9.17) is 15.2 Å². The van der Waals surface area contributed by atoms with Gasteiger partial charge in [-0.25, -0.2) is 4.79 Å². The van der Waals surface area contributed by atoms with Gasteiger partial charge in [0.1, 0.15) is 17.5 Å². The predicted octanol–water partition coefficient (Wildman–Crippen LogP) is 5.92. The molecule has 0 aromatic heterocycles. The normalized spacial score (nSPS) is 18.2. The topological polar surface area (TPSA) is 102 Å². The first-order chi connectivity index (χ1) is 21.4. The molecule has 8 heteroatoms. The van der Waals surface area contributed by atoms with Crippen LogP contribution in [0.5, 0.6) is 11.5 Å². The number of rotatable bonds is 10. The minimum Gasteiger partial charge on any atom is -0.496 e. The van der Waals surface area contributed by atoms with Gasteiger partial charge in [0, 0.05) is 24.9 Å². The summed E-state index contributed by atoms with van der Waals surface area (Å²) in [5.41, 5.74) is 8.59. The molecule has 2 N–H and O–H groups in total. The zero-order valence-electron chi connectivity index (χ0n) is 26.0. The highest BCUT2D eigenvalue weighted by Crippen LogP contribution is 2.29. The minimum atomic E-state index is -0.787. The number of piperazine rings is 1. The van der Waals surface area contributed by atoms with Crippen molar-refractivity contribution < 1.29 is 23.9 Å². The summed E-state index contributed by atoms with van der Waals surface area (Å²) in [5.74, 6) is 1.42. The van der Waals surface area contributed by atoms with Crippen molar-refractivity contribution in [2.24, 2.45) is 11.7 Å². The molecule has 1 saturated carbocycles. The number of ether oxygens (including phenoxy) is 2. The first-order valence-corrected chi connectivity index (χ1v) is 16.1. The third-order valence-electron chi connectivity index (χ3n) is 9.26. The second-order valence-corrected chi connectivity index (χ2v) is 12.2. The maximum Gasteiger partial charge on any atom is 0.415 e. The van der Waals surface area contributed by atoms with Crippen LogP contribution in [-0.2, 0) is 22.4 Å². The third kappa shape index (κ3) is 7.41. The number of carbonyl (C=O) groups is 3. The summed E-state index contributed by atoms with van der Waals surface area (Å²) >= 11 is 0. The highest BCUT2D eigenvalue weighted by molar-refractivity contribution is 5.93. The summed E-state index contributed by atoms with van der Waals surface area (Å²) in [6, 6.07) is 17.9. The Morgan fingerprint density at radius 2 is 1.73 bits per heavy atom. The molecule has 3 aromatic rings. The van der Waals surface area contributed by atoms with Gasteiger partial charge in [0.25, 0.3) is 0 Å². The van der Waals surface area contributed by atoms with Gasteiger partial charge in [-0.15, -0.1) is 0 Å². The molecule has 2 aliphatic rings. The van der Waals surface area contributed by atoms with Gasteiger partial charge in [0.2, 0.25) is 5.91 Å². The Morgan fingerprint density at radius 3 is 2.50 bits per heavy atom. The lowest BCUT2D eigenvalue weighted by atomic mass is 9.84. The van der Waals surface area contributed by atoms with E-state index in [1.54, 1.807) is 23.0 Å². The summed E-state index contributed by atoms with van der Waals surface area (Å²) in [7, 11) is 1.65. The van der Waals surface area contributed by atoms with Crippen molar-refractivity contribution in [2.75, 3.05) is 26.7 Å². The van der Waals surface area contributed by atoms with Crippen molar-refractivity contribution in [1.29, 1.82) is 0 Å². The number of carbonyl (C=O) groups excluding carboxylic acids is 3. The van der Waals surface area contributed by atoms with Crippen LogP contribution in [0.2, 0.25) is 0 Å². The van der Waals surface area contributed by atoms with Gasteiger partial charge in [-0.05, 0) is 53.8 Å². The van der Waals surface area contributed by atoms with Crippen LogP contribution in [0.3, 0.4) is 0 Å². The van der Waals surface area contributed by atoms with Gasteiger partial charge < -0.3 is 25.0 Å². The van der Waals surface area contributed by atoms with E-state index in [9.17, 15) is 14.4 Å². The molecule has 2 atom stereocenters. The lowest BCUT2D eigenvalue weighted by Crippen LogP contribution is -2.62. The third-order valence-corrected chi connectivity index (χ3v) is 9.26. The van der Waals surface area contributed by atoms with Gasteiger partial charge in [-0.1, -0.05) is 87.6 Å². The van der Waals surface area contributed by atoms with Crippen LogP contribution in [0, 0.1) is 5.92 Å². The van der Waals surface area contributed by atoms with E-state index in [2.05, 4.69) is 6.92 Å². The molecule has 3 aromatic carbocycles. The fourth-order valence-corrected chi connectivity index (χ4v) is 6.70. The molecular weight excluding hydrogens is 554 g/mol. The second-order valence-electron chi connectivity index (χ2n) is 12.2. The molecule has 0 bridgehead atoms. The van der Waals surface area contributed by atoms with Crippen LogP contribution in [0.4, 0.5) is 4.79 Å². The Kier molecular flexibility index (Phi) is 10.5. The van der Waals surface area contributed by atoms with Crippen molar-refractivity contribution in [2.45, 2.75) is 76.8 Å². The van der Waals surface area contributed by atoms with Gasteiger partial charge in [-0.2, -0.15) is 0 Å². The number of nitrogens with zero attached hydrogens (tertiary/aromatic N) is 2. The monoisotopic (exact) mass is 599 g/mol. The zero-order chi connectivity index (χ0) is 31.1. The summed E-state index contributed by atoms with van der Waals surface area (Å²) in [6.45, 7) is 2.65. The summed E-state index contributed by atoms with van der Waals surface area (Å²) < 4.78 is 11.4. The number of fused-ring (bicyclic) bond motifs is 1. The molecular formula is C36H45N3O5. The molecule has 0 radical (unpaired) electrons. The van der Waals surface area contributed by atoms with Crippen molar-refractivity contribution in [3.63, 3.8) is 0 Å². The van der Waals surface area contributed by atoms with Gasteiger partial charge in [0.15, 0.2) is 5.78 Å². The fraction of sp³-hybridized carbons (Fsp3) is 0.472. The van der Waals surface area contributed by atoms with Crippen LogP contribution >= 0.6 is 0 Å². The lowest BCUT2D eigenvalue weighted by molar-refractivity contribution is -0.144. The lowest BCUT2D eigenvalue weighted by Gasteiger charge is -2.41. The Hall–Kier alpha value is -3.91. The number of ketones is 1. The number of aryl methyl sites for hydroxylation is 2. The van der Waals surface area contributed by atoms with E-state index >= 15 is 0 Å². The largest absolute Gasteiger partial charge is 0.496 e. The number of Topliss-reactive ketones (excluding diaryl/α,β-unsaturated/α-hetero) is 1. The highest BCUT2D eigenvalue weighted by atomic mass is 16.6. The zero-order valence-corrected chi connectivity index (χ0v) is 26.0. The summed E-state index contributed by atoms with van der Waals surface area (Å²) in [6.07, 6.45) is 7.47. The van der Waals surface area contributed by atoms with Crippen LogP contribution in [0.25, 0.3) is 10.8 Å². The standard InChI is InChI=1S/C36H45N3O5/c1-3-27-18-16-26(23-34(27)43-2)17-19-32(40)31-24-38(36(42)44-33-15-9-13-28-12-7-8-14-29(28)33)20-21-39(31)35(41)30(37)22-25-10-5-4-6-11-25/h7-9,12-16,18,23,25,30-31H,3-6,10-11,17,19-22,24,37H2,1-2H3/t30-,31+/m1/s1. The number of methoxy groups -OCH3 is 1. The molecule has 44 heavy (non-hydrogen) atoms. The molecule has 1 saturated heterocycles. The molecule has 2 amide bonds. The maximum absolute atomic E-state index is 13.8. The molecule has 1 aliphatic heterocycles. The van der Waals surface area contributed by atoms with E-state index in [0.29, 0.717) is 24.5 Å². The van der Waals surface area contributed by atoms with E-state index in [1.807, 2.05) is 54.6 Å². The highest BCUT2D eigenvalue weighted by Gasteiger charge is 2.39. The van der Waals surface area contributed by atoms with Crippen LogP contribution in [-0.4, -0.2) is 66.4 Å². The number of amides is 2.